The first-order valence-electron chi connectivity index (χ1n) is 5.83. The molecular formula is C14H16N2O2S. The molecule has 5 heteroatoms. The van der Waals surface area contributed by atoms with Gasteiger partial charge in [0.2, 0.25) is 0 Å². The molecule has 0 unspecified atom stereocenters. The molecule has 0 saturated heterocycles. The molecule has 0 aliphatic rings. The molecule has 1 heterocycles. The monoisotopic (exact) mass is 276 g/mol. The molecule has 2 aromatic rings. The van der Waals surface area contributed by atoms with Crippen molar-refractivity contribution in [2.75, 3.05) is 18.2 Å². The maximum Gasteiger partial charge on any atom is 0.269 e. The van der Waals surface area contributed by atoms with Gasteiger partial charge in [-0.15, -0.1) is 11.3 Å². The first-order chi connectivity index (χ1) is 9.04. The number of hydrogen-bond donors (Lipinski definition) is 2. The second-order valence-electron chi connectivity index (χ2n) is 4.24. The van der Waals surface area contributed by atoms with Crippen molar-refractivity contribution in [2.45, 2.75) is 13.8 Å². The molecule has 0 atom stereocenters. The van der Waals surface area contributed by atoms with E-state index in [1.165, 1.54) is 11.3 Å². The third-order valence-corrected chi connectivity index (χ3v) is 3.96. The van der Waals surface area contributed by atoms with Crippen LogP contribution < -0.4 is 15.8 Å². The van der Waals surface area contributed by atoms with Gasteiger partial charge in [0.1, 0.15) is 10.6 Å². The van der Waals surface area contributed by atoms with Crippen LogP contribution in [0.4, 0.5) is 11.4 Å². The van der Waals surface area contributed by atoms with E-state index in [9.17, 15) is 4.79 Å². The van der Waals surface area contributed by atoms with E-state index in [1.807, 2.05) is 25.3 Å². The summed E-state index contributed by atoms with van der Waals surface area (Å²) in [5.41, 5.74) is 9.21. The van der Waals surface area contributed by atoms with Crippen molar-refractivity contribution in [3.63, 3.8) is 0 Å². The average Bonchev–Trinajstić information content (AvgIpc) is 2.87. The van der Waals surface area contributed by atoms with Gasteiger partial charge < -0.3 is 15.8 Å². The molecule has 0 radical (unpaired) electrons. The molecule has 19 heavy (non-hydrogen) atoms. The molecule has 0 bridgehead atoms. The number of amides is 1. The van der Waals surface area contributed by atoms with Crippen molar-refractivity contribution in [2.24, 2.45) is 0 Å². The Morgan fingerprint density at radius 2 is 2.05 bits per heavy atom. The van der Waals surface area contributed by atoms with Crippen molar-refractivity contribution < 1.29 is 9.53 Å². The van der Waals surface area contributed by atoms with Crippen LogP contribution in [-0.4, -0.2) is 13.0 Å². The van der Waals surface area contributed by atoms with Crippen molar-refractivity contribution in [3.8, 4) is 5.75 Å². The van der Waals surface area contributed by atoms with Crippen LogP contribution in [0.1, 0.15) is 20.8 Å². The van der Waals surface area contributed by atoms with Crippen LogP contribution in [0.3, 0.4) is 0 Å². The zero-order valence-corrected chi connectivity index (χ0v) is 11.9. The van der Waals surface area contributed by atoms with Gasteiger partial charge in [-0.25, -0.2) is 0 Å². The number of benzene rings is 1. The van der Waals surface area contributed by atoms with Crippen LogP contribution in [0.5, 0.6) is 5.75 Å². The van der Waals surface area contributed by atoms with Gasteiger partial charge in [-0.05, 0) is 42.5 Å². The normalized spacial score (nSPS) is 10.3. The summed E-state index contributed by atoms with van der Waals surface area (Å²) in [5.74, 6) is 0.374. The number of carbonyl (C=O) groups is 1. The predicted molar refractivity (Wildman–Crippen MR) is 79.2 cm³/mol. The number of nitrogens with one attached hydrogen (secondary N) is 1. The molecule has 2 rings (SSSR count). The van der Waals surface area contributed by atoms with Crippen LogP contribution in [0.25, 0.3) is 0 Å². The van der Waals surface area contributed by atoms with Crippen LogP contribution in [0, 0.1) is 13.8 Å². The molecule has 0 aliphatic carbocycles. The summed E-state index contributed by atoms with van der Waals surface area (Å²) in [7, 11) is 1.55. The maximum atomic E-state index is 12.2. The lowest BCUT2D eigenvalue weighted by molar-refractivity contribution is 0.102. The van der Waals surface area contributed by atoms with Gasteiger partial charge in [0.25, 0.3) is 5.91 Å². The van der Waals surface area contributed by atoms with E-state index < -0.39 is 0 Å². The maximum absolute atomic E-state index is 12.2. The highest BCUT2D eigenvalue weighted by Crippen LogP contribution is 2.29. The van der Waals surface area contributed by atoms with Gasteiger partial charge >= 0.3 is 0 Å². The fourth-order valence-electron chi connectivity index (χ4n) is 1.80. The number of rotatable bonds is 3. The van der Waals surface area contributed by atoms with Gasteiger partial charge in [-0.2, -0.15) is 0 Å². The largest absolute Gasteiger partial charge is 0.495 e. The second-order valence-corrected chi connectivity index (χ2v) is 5.16. The fourth-order valence-corrected chi connectivity index (χ4v) is 2.55. The Hall–Kier alpha value is -2.01. The lowest BCUT2D eigenvalue weighted by Gasteiger charge is -2.13. The molecule has 0 spiro atoms. The highest BCUT2D eigenvalue weighted by atomic mass is 32.1. The van der Waals surface area contributed by atoms with Crippen molar-refractivity contribution in [1.82, 2.24) is 0 Å². The average molecular weight is 276 g/mol. The van der Waals surface area contributed by atoms with Gasteiger partial charge in [-0.1, -0.05) is 6.07 Å². The molecule has 100 valence electrons. The Labute approximate surface area is 116 Å². The van der Waals surface area contributed by atoms with Gasteiger partial charge in [0.15, 0.2) is 0 Å². The number of aryl methyl sites for hydroxylation is 1. The van der Waals surface area contributed by atoms with E-state index in [4.69, 9.17) is 10.5 Å². The minimum absolute atomic E-state index is 0.202. The summed E-state index contributed by atoms with van der Waals surface area (Å²) in [5, 5.41) is 4.68. The Kier molecular flexibility index (Phi) is 3.76. The van der Waals surface area contributed by atoms with E-state index in [2.05, 4.69) is 5.32 Å². The van der Waals surface area contributed by atoms with E-state index in [1.54, 1.807) is 19.2 Å². The van der Waals surface area contributed by atoms with E-state index >= 15 is 0 Å². The predicted octanol–water partition coefficient (Wildman–Crippen LogP) is 3.21. The minimum Gasteiger partial charge on any atom is -0.495 e. The summed E-state index contributed by atoms with van der Waals surface area (Å²) in [6.45, 7) is 3.92. The topological polar surface area (TPSA) is 64.3 Å². The van der Waals surface area contributed by atoms with E-state index in [0.29, 0.717) is 22.0 Å². The summed E-state index contributed by atoms with van der Waals surface area (Å²) in [6.07, 6.45) is 0. The summed E-state index contributed by atoms with van der Waals surface area (Å²) >= 11 is 1.34. The highest BCUT2D eigenvalue weighted by molar-refractivity contribution is 7.12. The molecule has 1 amide bonds. The molecule has 4 nitrogen and oxygen atoms in total. The molecular weight excluding hydrogens is 260 g/mol. The number of carbonyl (C=O) groups excluding carboxylic acids is 1. The fraction of sp³-hybridized carbons (Fsp3) is 0.214. The van der Waals surface area contributed by atoms with E-state index in [0.717, 1.165) is 11.1 Å². The number of nitrogen functional groups attached to an aromatic ring is 1. The van der Waals surface area contributed by atoms with Crippen LogP contribution in [0.15, 0.2) is 23.6 Å². The smallest absolute Gasteiger partial charge is 0.269 e. The number of ether oxygens (including phenoxy) is 1. The Morgan fingerprint density at radius 1 is 1.32 bits per heavy atom. The number of anilines is 2. The first kappa shape index (κ1) is 13.4. The number of methoxy groups -OCH3 is 1. The van der Waals surface area contributed by atoms with Gasteiger partial charge in [0, 0.05) is 0 Å². The Bertz CT molecular complexity index is 620. The second kappa shape index (κ2) is 5.32. The summed E-state index contributed by atoms with van der Waals surface area (Å²) < 4.78 is 5.15. The van der Waals surface area contributed by atoms with Gasteiger partial charge in [0.05, 0.1) is 18.5 Å². The van der Waals surface area contributed by atoms with Crippen LogP contribution >= 0.6 is 11.3 Å². The van der Waals surface area contributed by atoms with Crippen LogP contribution in [0.2, 0.25) is 0 Å². The minimum atomic E-state index is -0.202. The highest BCUT2D eigenvalue weighted by Gasteiger charge is 2.16. The van der Waals surface area contributed by atoms with Crippen molar-refractivity contribution in [1.29, 1.82) is 0 Å². The molecule has 0 fully saturated rings. The Morgan fingerprint density at radius 3 is 2.74 bits per heavy atom. The molecule has 1 aromatic heterocycles. The zero-order valence-electron chi connectivity index (χ0n) is 11.1. The quantitative estimate of drug-likeness (QED) is 0.846. The zero-order chi connectivity index (χ0) is 14.0. The lowest BCUT2D eigenvalue weighted by Crippen LogP contribution is -2.14. The standard InChI is InChI=1S/C14H16N2O2S/c1-8-4-5-10(15)12(9(8)2)16-14(17)13-11(18-3)6-7-19-13/h4-7H,15H2,1-3H3,(H,16,17). The van der Waals surface area contributed by atoms with Crippen LogP contribution in [-0.2, 0) is 0 Å². The summed E-state index contributed by atoms with van der Waals surface area (Å²) in [6, 6.07) is 5.50. The molecule has 1 aromatic carbocycles. The lowest BCUT2D eigenvalue weighted by atomic mass is 10.1. The Balaban J connectivity index is 2.32. The number of hydrogen-bond acceptors (Lipinski definition) is 4. The molecule has 0 saturated carbocycles. The van der Waals surface area contributed by atoms with Crippen molar-refractivity contribution in [3.05, 3.63) is 39.6 Å². The number of nitrogens with two attached hydrogens (primary N) is 1. The van der Waals surface area contributed by atoms with Crippen molar-refractivity contribution >= 4 is 28.6 Å². The first-order valence-corrected chi connectivity index (χ1v) is 6.71. The van der Waals surface area contributed by atoms with Gasteiger partial charge in [-0.3, -0.25) is 4.79 Å². The molecule has 0 aliphatic heterocycles. The molecule has 3 N–H and O–H groups in total. The SMILES string of the molecule is COc1ccsc1C(=O)Nc1c(N)ccc(C)c1C. The van der Waals surface area contributed by atoms with E-state index in [-0.39, 0.29) is 5.91 Å². The third-order valence-electron chi connectivity index (χ3n) is 3.06. The summed E-state index contributed by atoms with van der Waals surface area (Å²) in [4.78, 5) is 12.8. The third kappa shape index (κ3) is 2.56. The number of thiophene rings is 1.